The Bertz CT molecular complexity index is 1170. The van der Waals surface area contributed by atoms with Gasteiger partial charge in [-0.05, 0) is 46.0 Å². The molecule has 0 bridgehead atoms. The molecule has 0 saturated heterocycles. The third-order valence-corrected chi connectivity index (χ3v) is 6.11. The van der Waals surface area contributed by atoms with Crippen LogP contribution < -0.4 is 15.4 Å². The van der Waals surface area contributed by atoms with Crippen molar-refractivity contribution in [1.29, 1.82) is 0 Å². The lowest BCUT2D eigenvalue weighted by molar-refractivity contribution is -0.115. The maximum atomic E-state index is 12.4. The Morgan fingerprint density at radius 3 is 2.35 bits per heavy atom. The molecule has 1 heterocycles. The van der Waals surface area contributed by atoms with Crippen molar-refractivity contribution < 1.29 is 27.4 Å². The number of nitrogens with one attached hydrogen (secondary N) is 2. The Hall–Kier alpha value is -3.68. The van der Waals surface area contributed by atoms with Gasteiger partial charge in [0.05, 0.1) is 6.54 Å². The summed E-state index contributed by atoms with van der Waals surface area (Å²) in [7, 11) is 0. The molecule has 5 rings (SSSR count). The number of fused-ring (bicyclic) bond motifs is 4. The van der Waals surface area contributed by atoms with E-state index >= 15 is 0 Å². The molecular weight excluding hydrogens is 445 g/mol. The van der Waals surface area contributed by atoms with Gasteiger partial charge in [-0.25, -0.2) is 4.79 Å². The van der Waals surface area contributed by atoms with Gasteiger partial charge in [0.2, 0.25) is 0 Å². The second-order valence-electron chi connectivity index (χ2n) is 8.44. The van der Waals surface area contributed by atoms with E-state index < -0.39 is 18.8 Å². The number of alkyl halides is 3. The summed E-state index contributed by atoms with van der Waals surface area (Å²) >= 11 is 0. The van der Waals surface area contributed by atoms with Crippen LogP contribution in [-0.4, -0.2) is 38.1 Å². The highest BCUT2D eigenvalue weighted by atomic mass is 19.4. The first-order chi connectivity index (χ1) is 16.4. The summed E-state index contributed by atoms with van der Waals surface area (Å²) in [5.41, 5.74) is 5.78. The summed E-state index contributed by atoms with van der Waals surface area (Å²) in [6.45, 7) is -0.643. The van der Waals surface area contributed by atoms with Gasteiger partial charge in [0, 0.05) is 18.0 Å². The predicted molar refractivity (Wildman–Crippen MR) is 122 cm³/mol. The van der Waals surface area contributed by atoms with Crippen molar-refractivity contribution in [1.82, 2.24) is 5.32 Å². The first-order valence-electron chi connectivity index (χ1n) is 11.1. The normalized spacial score (nSPS) is 16.3. The number of carbonyl (C=O) groups is 1. The van der Waals surface area contributed by atoms with Gasteiger partial charge in [-0.15, -0.1) is 0 Å². The van der Waals surface area contributed by atoms with Gasteiger partial charge in [-0.2, -0.15) is 13.2 Å². The Labute approximate surface area is 194 Å². The zero-order chi connectivity index (χ0) is 23.7. The molecular formula is C26H23F3N2O3. The molecule has 8 heteroatoms. The van der Waals surface area contributed by atoms with E-state index in [1.165, 1.54) is 0 Å². The van der Waals surface area contributed by atoms with Gasteiger partial charge < -0.3 is 20.1 Å². The number of amides is 1. The first-order valence-corrected chi connectivity index (χ1v) is 11.1. The molecule has 2 N–H and O–H groups in total. The van der Waals surface area contributed by atoms with E-state index in [4.69, 9.17) is 9.47 Å². The van der Waals surface area contributed by atoms with Crippen LogP contribution in [0.1, 0.15) is 22.6 Å². The third-order valence-electron chi connectivity index (χ3n) is 6.11. The topological polar surface area (TPSA) is 59.6 Å². The minimum absolute atomic E-state index is 0.0206. The number of hydrogen-bond acceptors (Lipinski definition) is 4. The monoisotopic (exact) mass is 468 g/mol. The average Bonchev–Trinajstić information content (AvgIpc) is 3.38. The molecule has 5 nitrogen and oxygen atoms in total. The molecule has 1 atom stereocenters. The fourth-order valence-corrected chi connectivity index (χ4v) is 4.59. The molecule has 1 unspecified atom stereocenters. The van der Waals surface area contributed by atoms with Crippen LogP contribution in [0.25, 0.3) is 11.1 Å². The lowest BCUT2D eigenvalue weighted by Crippen LogP contribution is -2.35. The highest BCUT2D eigenvalue weighted by Crippen LogP contribution is 2.44. The van der Waals surface area contributed by atoms with E-state index in [-0.39, 0.29) is 25.2 Å². The van der Waals surface area contributed by atoms with Gasteiger partial charge in [0.15, 0.2) is 0 Å². The molecule has 1 aliphatic heterocycles. The van der Waals surface area contributed by atoms with Crippen LogP contribution in [0.2, 0.25) is 0 Å². The quantitative estimate of drug-likeness (QED) is 0.501. The van der Waals surface area contributed by atoms with Gasteiger partial charge in [0.25, 0.3) is 0 Å². The molecule has 0 fully saturated rings. The molecule has 1 aliphatic carbocycles. The minimum Gasteiger partial charge on any atom is -0.488 e. The maximum absolute atomic E-state index is 12.4. The third kappa shape index (κ3) is 4.66. The van der Waals surface area contributed by atoms with E-state index in [1.807, 2.05) is 24.3 Å². The van der Waals surface area contributed by atoms with E-state index in [9.17, 15) is 18.0 Å². The summed E-state index contributed by atoms with van der Waals surface area (Å²) in [4.78, 5) is 12.4. The lowest BCUT2D eigenvalue weighted by atomic mass is 9.98. The predicted octanol–water partition coefficient (Wildman–Crippen LogP) is 5.50. The van der Waals surface area contributed by atoms with E-state index in [0.29, 0.717) is 17.9 Å². The van der Waals surface area contributed by atoms with Crippen LogP contribution in [0.5, 0.6) is 5.75 Å². The smallest absolute Gasteiger partial charge is 0.407 e. The van der Waals surface area contributed by atoms with Crippen LogP contribution in [-0.2, 0) is 11.2 Å². The van der Waals surface area contributed by atoms with Gasteiger partial charge in [-0.3, -0.25) is 0 Å². The molecule has 3 aromatic carbocycles. The summed E-state index contributed by atoms with van der Waals surface area (Å²) in [6, 6.07) is 21.1. The van der Waals surface area contributed by atoms with Crippen molar-refractivity contribution in [3.8, 4) is 16.9 Å². The highest BCUT2D eigenvalue weighted by Gasteiger charge is 2.30. The van der Waals surface area contributed by atoms with Crippen LogP contribution in [0, 0.1) is 0 Å². The second-order valence-corrected chi connectivity index (χ2v) is 8.44. The summed E-state index contributed by atoms with van der Waals surface area (Å²) in [5, 5.41) is 5.11. The fourth-order valence-electron chi connectivity index (χ4n) is 4.59. The van der Waals surface area contributed by atoms with E-state index in [0.717, 1.165) is 27.8 Å². The number of hydrogen-bond donors (Lipinski definition) is 2. The van der Waals surface area contributed by atoms with E-state index in [1.54, 1.807) is 18.2 Å². The zero-order valence-corrected chi connectivity index (χ0v) is 18.2. The van der Waals surface area contributed by atoms with Gasteiger partial charge in [0.1, 0.15) is 25.0 Å². The standard InChI is InChI=1S/C26H23F3N2O3/c27-26(28,29)15-31-17-9-10-24-16(11-17)12-18(34-24)13-30-25(32)33-14-23-21-7-3-1-5-19(21)20-6-2-4-8-22(20)23/h1-11,18,23,31H,12-15H2,(H,30,32). The van der Waals surface area contributed by atoms with Crippen molar-refractivity contribution >= 4 is 11.8 Å². The van der Waals surface area contributed by atoms with Crippen LogP contribution >= 0.6 is 0 Å². The number of rotatable bonds is 6. The summed E-state index contributed by atoms with van der Waals surface area (Å²) in [6.07, 6.45) is -4.65. The Balaban J connectivity index is 1.13. The zero-order valence-electron chi connectivity index (χ0n) is 18.2. The molecule has 0 spiro atoms. The highest BCUT2D eigenvalue weighted by molar-refractivity contribution is 5.79. The number of alkyl carbamates (subject to hydrolysis) is 1. The maximum Gasteiger partial charge on any atom is 0.407 e. The average molecular weight is 468 g/mol. The molecule has 3 aromatic rings. The number of benzene rings is 3. The van der Waals surface area contributed by atoms with Crippen molar-refractivity contribution in [2.75, 3.05) is 25.0 Å². The van der Waals surface area contributed by atoms with Crippen molar-refractivity contribution in [2.24, 2.45) is 0 Å². The molecule has 0 saturated carbocycles. The minimum atomic E-state index is -4.29. The lowest BCUT2D eigenvalue weighted by Gasteiger charge is -2.16. The number of ether oxygens (including phenoxy) is 2. The van der Waals surface area contributed by atoms with Crippen molar-refractivity contribution in [2.45, 2.75) is 24.6 Å². The summed E-state index contributed by atoms with van der Waals surface area (Å²) in [5.74, 6) is 0.588. The fraction of sp³-hybridized carbons (Fsp3) is 0.269. The Morgan fingerprint density at radius 2 is 1.68 bits per heavy atom. The van der Waals surface area contributed by atoms with Gasteiger partial charge in [-0.1, -0.05) is 48.5 Å². The second kappa shape index (κ2) is 8.93. The Kier molecular flexibility index (Phi) is 5.81. The van der Waals surface area contributed by atoms with E-state index in [2.05, 4.69) is 34.9 Å². The first kappa shape index (κ1) is 22.1. The molecule has 176 valence electrons. The van der Waals surface area contributed by atoms with Crippen LogP contribution in [0.3, 0.4) is 0 Å². The molecule has 34 heavy (non-hydrogen) atoms. The SMILES string of the molecule is O=C(NCC1Cc2cc(NCC(F)(F)F)ccc2O1)OCC1c2ccccc2-c2ccccc21. The number of anilines is 1. The van der Waals surface area contributed by atoms with Crippen molar-refractivity contribution in [3.63, 3.8) is 0 Å². The molecule has 0 radical (unpaired) electrons. The van der Waals surface area contributed by atoms with Crippen molar-refractivity contribution in [3.05, 3.63) is 83.4 Å². The van der Waals surface area contributed by atoms with Gasteiger partial charge >= 0.3 is 12.3 Å². The molecule has 0 aromatic heterocycles. The van der Waals surface area contributed by atoms with Crippen LogP contribution in [0.4, 0.5) is 23.7 Å². The number of halogens is 3. The number of carbonyl (C=O) groups excluding carboxylic acids is 1. The summed E-state index contributed by atoms with van der Waals surface area (Å²) < 4.78 is 48.6. The Morgan fingerprint density at radius 1 is 1.00 bits per heavy atom. The van der Waals surface area contributed by atoms with Crippen LogP contribution in [0.15, 0.2) is 66.7 Å². The molecule has 2 aliphatic rings. The largest absolute Gasteiger partial charge is 0.488 e. The molecule has 1 amide bonds.